The van der Waals surface area contributed by atoms with E-state index >= 15 is 0 Å². The Morgan fingerprint density at radius 2 is 2.22 bits per heavy atom. The van der Waals surface area contributed by atoms with Crippen molar-refractivity contribution in [2.45, 2.75) is 45.6 Å². The molecule has 5 heteroatoms. The molecule has 1 rings (SSSR count). The summed E-state index contributed by atoms with van der Waals surface area (Å²) in [5, 5.41) is 8.73. The Balaban J connectivity index is 2.44. The molecule has 18 heavy (non-hydrogen) atoms. The highest BCUT2D eigenvalue weighted by molar-refractivity contribution is 5.78. The van der Waals surface area contributed by atoms with Crippen LogP contribution < -0.4 is 0 Å². The third kappa shape index (κ3) is 4.64. The van der Waals surface area contributed by atoms with Crippen molar-refractivity contribution in [3.05, 3.63) is 0 Å². The van der Waals surface area contributed by atoms with Gasteiger partial charge in [-0.2, -0.15) is 0 Å². The summed E-state index contributed by atoms with van der Waals surface area (Å²) in [6, 6.07) is 0. The third-order valence-corrected chi connectivity index (χ3v) is 3.27. The molecule has 5 nitrogen and oxygen atoms in total. The fraction of sp³-hybridized carbons (Fsp3) is 0.846. The topological polar surface area (TPSA) is 66.8 Å². The van der Waals surface area contributed by atoms with Crippen LogP contribution >= 0.6 is 0 Å². The molecule has 2 atom stereocenters. The Labute approximate surface area is 108 Å². The first-order valence-electron chi connectivity index (χ1n) is 6.66. The quantitative estimate of drug-likeness (QED) is 0.783. The van der Waals surface area contributed by atoms with Gasteiger partial charge in [0.25, 0.3) is 0 Å². The van der Waals surface area contributed by atoms with Crippen LogP contribution in [0, 0.1) is 5.92 Å². The molecule has 1 heterocycles. The molecule has 0 aromatic heterocycles. The van der Waals surface area contributed by atoms with Gasteiger partial charge in [-0.05, 0) is 6.42 Å². The Kier molecular flexibility index (Phi) is 6.12. The first-order valence-corrected chi connectivity index (χ1v) is 6.66. The van der Waals surface area contributed by atoms with Crippen LogP contribution in [0.3, 0.4) is 0 Å². The molecule has 0 aromatic rings. The van der Waals surface area contributed by atoms with Crippen LogP contribution in [0.1, 0.15) is 39.5 Å². The molecular weight excluding hydrogens is 234 g/mol. The number of morpholine rings is 1. The van der Waals surface area contributed by atoms with E-state index in [0.29, 0.717) is 19.7 Å². The number of nitrogens with zero attached hydrogens (tertiary/aromatic N) is 1. The van der Waals surface area contributed by atoms with E-state index in [4.69, 9.17) is 9.84 Å². The zero-order valence-corrected chi connectivity index (χ0v) is 11.2. The molecule has 0 bridgehead atoms. The monoisotopic (exact) mass is 257 g/mol. The van der Waals surface area contributed by atoms with Gasteiger partial charge in [-0.1, -0.05) is 26.7 Å². The number of hydrogen-bond acceptors (Lipinski definition) is 3. The number of carbonyl (C=O) groups excluding carboxylic acids is 1. The number of rotatable bonds is 6. The molecule has 1 aliphatic heterocycles. The maximum absolute atomic E-state index is 12.2. The van der Waals surface area contributed by atoms with Crippen LogP contribution in [0.5, 0.6) is 0 Å². The van der Waals surface area contributed by atoms with E-state index in [1.807, 2.05) is 6.92 Å². The van der Waals surface area contributed by atoms with E-state index in [1.54, 1.807) is 4.90 Å². The van der Waals surface area contributed by atoms with Crippen LogP contribution in [-0.4, -0.2) is 47.7 Å². The van der Waals surface area contributed by atoms with Crippen molar-refractivity contribution in [1.29, 1.82) is 0 Å². The van der Waals surface area contributed by atoms with Gasteiger partial charge in [0.05, 0.1) is 19.1 Å². The second kappa shape index (κ2) is 7.36. The fourth-order valence-electron chi connectivity index (χ4n) is 2.18. The van der Waals surface area contributed by atoms with Gasteiger partial charge in [-0.15, -0.1) is 0 Å². The fourth-order valence-corrected chi connectivity index (χ4v) is 2.18. The van der Waals surface area contributed by atoms with Crippen molar-refractivity contribution in [3.63, 3.8) is 0 Å². The van der Waals surface area contributed by atoms with Crippen molar-refractivity contribution < 1.29 is 19.4 Å². The molecule has 1 saturated heterocycles. The van der Waals surface area contributed by atoms with E-state index in [2.05, 4.69) is 6.92 Å². The van der Waals surface area contributed by atoms with Gasteiger partial charge >= 0.3 is 5.97 Å². The third-order valence-electron chi connectivity index (χ3n) is 3.27. The Bertz CT molecular complexity index is 293. The molecule has 0 aromatic carbocycles. The molecular formula is C13H23NO4. The van der Waals surface area contributed by atoms with Crippen LogP contribution in [0.15, 0.2) is 0 Å². The Hall–Kier alpha value is -1.10. The summed E-state index contributed by atoms with van der Waals surface area (Å²) in [5.41, 5.74) is 0. The average molecular weight is 257 g/mol. The van der Waals surface area contributed by atoms with Crippen LogP contribution in [0.2, 0.25) is 0 Å². The maximum atomic E-state index is 12.2. The molecule has 1 fully saturated rings. The van der Waals surface area contributed by atoms with Crippen LogP contribution in [-0.2, 0) is 14.3 Å². The summed E-state index contributed by atoms with van der Waals surface area (Å²) in [6.45, 7) is 5.46. The highest BCUT2D eigenvalue weighted by Gasteiger charge is 2.28. The van der Waals surface area contributed by atoms with Crippen molar-refractivity contribution in [1.82, 2.24) is 4.90 Å². The molecule has 2 unspecified atom stereocenters. The number of carbonyl (C=O) groups is 2. The molecule has 104 valence electrons. The first kappa shape index (κ1) is 15.0. The molecule has 1 N–H and O–H groups in total. The lowest BCUT2D eigenvalue weighted by Crippen LogP contribution is -2.48. The van der Waals surface area contributed by atoms with Gasteiger partial charge in [0.15, 0.2) is 0 Å². The predicted molar refractivity (Wildman–Crippen MR) is 67.3 cm³/mol. The summed E-state index contributed by atoms with van der Waals surface area (Å²) in [5.74, 6) is -0.732. The summed E-state index contributed by atoms with van der Waals surface area (Å²) >= 11 is 0. The number of hydrogen-bond donors (Lipinski definition) is 1. The van der Waals surface area contributed by atoms with Gasteiger partial charge in [0.2, 0.25) is 5.91 Å². The van der Waals surface area contributed by atoms with Crippen LogP contribution in [0.25, 0.3) is 0 Å². The lowest BCUT2D eigenvalue weighted by atomic mass is 10.0. The number of carboxylic acid groups (broad SMARTS) is 1. The SMILES string of the molecule is CCCCC(C)C(=O)N1CCOC(CC(=O)O)C1. The van der Waals surface area contributed by atoms with Gasteiger partial charge in [0.1, 0.15) is 0 Å². The van der Waals surface area contributed by atoms with Crippen LogP contribution in [0.4, 0.5) is 0 Å². The van der Waals surface area contributed by atoms with Crippen molar-refractivity contribution in [3.8, 4) is 0 Å². The zero-order chi connectivity index (χ0) is 13.5. The Morgan fingerprint density at radius 3 is 2.83 bits per heavy atom. The molecule has 1 amide bonds. The first-order chi connectivity index (χ1) is 8.54. The lowest BCUT2D eigenvalue weighted by Gasteiger charge is -2.34. The smallest absolute Gasteiger partial charge is 0.306 e. The van der Waals surface area contributed by atoms with Gasteiger partial charge in [0, 0.05) is 19.0 Å². The second-order valence-corrected chi connectivity index (χ2v) is 4.92. The zero-order valence-electron chi connectivity index (χ0n) is 11.2. The summed E-state index contributed by atoms with van der Waals surface area (Å²) < 4.78 is 5.36. The van der Waals surface area contributed by atoms with E-state index < -0.39 is 5.97 Å². The van der Waals surface area contributed by atoms with Gasteiger partial charge < -0.3 is 14.7 Å². The molecule has 0 radical (unpaired) electrons. The van der Waals surface area contributed by atoms with Gasteiger partial charge in [-0.3, -0.25) is 9.59 Å². The minimum absolute atomic E-state index is 0.0218. The predicted octanol–water partition coefficient (Wildman–Crippen LogP) is 1.51. The average Bonchev–Trinajstić information content (AvgIpc) is 2.34. The number of unbranched alkanes of at least 4 members (excludes halogenated alkanes) is 1. The van der Waals surface area contributed by atoms with E-state index in [0.717, 1.165) is 19.3 Å². The molecule has 1 aliphatic rings. The number of amides is 1. The second-order valence-electron chi connectivity index (χ2n) is 4.92. The Morgan fingerprint density at radius 1 is 1.50 bits per heavy atom. The molecule has 0 aliphatic carbocycles. The standard InChI is InChI=1S/C13H23NO4/c1-3-4-5-10(2)13(17)14-6-7-18-11(9-14)8-12(15)16/h10-11H,3-9H2,1-2H3,(H,15,16). The lowest BCUT2D eigenvalue weighted by molar-refractivity contribution is -0.149. The maximum Gasteiger partial charge on any atom is 0.306 e. The summed E-state index contributed by atoms with van der Waals surface area (Å²) in [4.78, 5) is 24.5. The van der Waals surface area contributed by atoms with E-state index in [9.17, 15) is 9.59 Å². The van der Waals surface area contributed by atoms with Gasteiger partial charge in [-0.25, -0.2) is 0 Å². The largest absolute Gasteiger partial charge is 0.481 e. The summed E-state index contributed by atoms with van der Waals surface area (Å²) in [6.07, 6.45) is 2.64. The van der Waals surface area contributed by atoms with E-state index in [-0.39, 0.29) is 24.3 Å². The molecule has 0 spiro atoms. The highest BCUT2D eigenvalue weighted by atomic mass is 16.5. The van der Waals surface area contributed by atoms with E-state index in [1.165, 1.54) is 0 Å². The molecule has 0 saturated carbocycles. The van der Waals surface area contributed by atoms with Crippen molar-refractivity contribution in [2.75, 3.05) is 19.7 Å². The highest BCUT2D eigenvalue weighted by Crippen LogP contribution is 2.15. The normalized spacial score (nSPS) is 21.7. The number of carboxylic acids is 1. The van der Waals surface area contributed by atoms with Crippen molar-refractivity contribution >= 4 is 11.9 Å². The minimum atomic E-state index is -0.881. The minimum Gasteiger partial charge on any atom is -0.481 e. The summed E-state index contributed by atoms with van der Waals surface area (Å²) in [7, 11) is 0. The number of aliphatic carboxylic acids is 1. The van der Waals surface area contributed by atoms with Crippen molar-refractivity contribution in [2.24, 2.45) is 5.92 Å². The number of ether oxygens (including phenoxy) is 1.